The lowest BCUT2D eigenvalue weighted by atomic mass is 10.2. The number of nitrogens with zero attached hydrogens (tertiary/aromatic N) is 2. The van der Waals surface area contributed by atoms with E-state index in [4.69, 9.17) is 11.6 Å². The molecule has 0 atom stereocenters. The molecule has 1 aromatic carbocycles. The van der Waals surface area contributed by atoms with Gasteiger partial charge >= 0.3 is 0 Å². The van der Waals surface area contributed by atoms with Crippen molar-refractivity contribution in [2.45, 2.75) is 20.4 Å². The summed E-state index contributed by atoms with van der Waals surface area (Å²) in [6.45, 7) is 4.77. The van der Waals surface area contributed by atoms with Crippen LogP contribution < -0.4 is 5.32 Å². The van der Waals surface area contributed by atoms with Gasteiger partial charge in [0.05, 0.1) is 22.1 Å². The van der Waals surface area contributed by atoms with Crippen LogP contribution in [0.5, 0.6) is 0 Å². The number of halogens is 1. The fourth-order valence-electron chi connectivity index (χ4n) is 1.83. The molecule has 4 heteroatoms. The molecule has 0 spiro atoms. The van der Waals surface area contributed by atoms with Crippen LogP contribution in [0.2, 0.25) is 5.02 Å². The van der Waals surface area contributed by atoms with Gasteiger partial charge in [0.15, 0.2) is 0 Å². The van der Waals surface area contributed by atoms with E-state index in [9.17, 15) is 0 Å². The van der Waals surface area contributed by atoms with Crippen LogP contribution in [-0.4, -0.2) is 16.8 Å². The van der Waals surface area contributed by atoms with E-state index in [0.717, 1.165) is 28.6 Å². The van der Waals surface area contributed by atoms with Crippen molar-refractivity contribution in [3.63, 3.8) is 0 Å². The van der Waals surface area contributed by atoms with E-state index >= 15 is 0 Å². The third-order valence-corrected chi connectivity index (χ3v) is 3.31. The van der Waals surface area contributed by atoms with Crippen molar-refractivity contribution in [1.29, 1.82) is 0 Å². The summed E-state index contributed by atoms with van der Waals surface area (Å²) in [5.41, 5.74) is 4.13. The predicted octanol–water partition coefficient (Wildman–Crippen LogP) is 2.86. The third kappa shape index (κ3) is 2.35. The molecule has 0 amide bonds. The molecule has 0 aliphatic carbocycles. The second kappa shape index (κ2) is 4.90. The maximum Gasteiger partial charge on any atom is 0.0848 e. The smallest absolute Gasteiger partial charge is 0.0848 e. The van der Waals surface area contributed by atoms with Crippen LogP contribution in [0.1, 0.15) is 17.0 Å². The molecule has 0 saturated heterocycles. The van der Waals surface area contributed by atoms with E-state index < -0.39 is 0 Å². The lowest BCUT2D eigenvalue weighted by molar-refractivity contribution is 0.810. The number of benzene rings is 1. The summed E-state index contributed by atoms with van der Waals surface area (Å²) in [6.07, 6.45) is 0. The molecule has 90 valence electrons. The summed E-state index contributed by atoms with van der Waals surface area (Å²) < 4.78 is 1.88. The highest BCUT2D eigenvalue weighted by Gasteiger charge is 2.10. The minimum Gasteiger partial charge on any atom is -0.316 e. The standard InChI is InChI=1S/C13H16ClN3/c1-9-13(14)10(2)17(16-9)12-6-4-11(5-7-12)8-15-3/h4-7,15H,8H2,1-3H3. The van der Waals surface area contributed by atoms with E-state index in [1.54, 1.807) is 0 Å². The van der Waals surface area contributed by atoms with Gasteiger partial charge < -0.3 is 5.32 Å². The van der Waals surface area contributed by atoms with Gasteiger partial charge in [-0.05, 0) is 38.6 Å². The fraction of sp³-hybridized carbons (Fsp3) is 0.308. The first-order chi connectivity index (χ1) is 8.13. The van der Waals surface area contributed by atoms with Gasteiger partial charge in [-0.3, -0.25) is 0 Å². The van der Waals surface area contributed by atoms with Gasteiger partial charge in [0.25, 0.3) is 0 Å². The second-order valence-corrected chi connectivity index (χ2v) is 4.47. The molecular formula is C13H16ClN3. The zero-order chi connectivity index (χ0) is 12.4. The Bertz CT molecular complexity index is 514. The van der Waals surface area contributed by atoms with Crippen molar-refractivity contribution in [2.75, 3.05) is 7.05 Å². The number of hydrogen-bond acceptors (Lipinski definition) is 2. The monoisotopic (exact) mass is 249 g/mol. The summed E-state index contributed by atoms with van der Waals surface area (Å²) in [5, 5.41) is 8.29. The van der Waals surface area contributed by atoms with Crippen molar-refractivity contribution in [2.24, 2.45) is 0 Å². The summed E-state index contributed by atoms with van der Waals surface area (Å²) in [4.78, 5) is 0. The number of rotatable bonds is 3. The van der Waals surface area contributed by atoms with Gasteiger partial charge in [0.1, 0.15) is 0 Å². The molecule has 0 radical (unpaired) electrons. The summed E-state index contributed by atoms with van der Waals surface area (Å²) in [5.74, 6) is 0. The maximum absolute atomic E-state index is 6.14. The minimum atomic E-state index is 0.740. The zero-order valence-corrected chi connectivity index (χ0v) is 11.0. The number of aryl methyl sites for hydroxylation is 1. The van der Waals surface area contributed by atoms with Crippen LogP contribution in [-0.2, 0) is 6.54 Å². The van der Waals surface area contributed by atoms with Gasteiger partial charge in [-0.1, -0.05) is 23.7 Å². The van der Waals surface area contributed by atoms with Crippen molar-refractivity contribution in [1.82, 2.24) is 15.1 Å². The highest BCUT2D eigenvalue weighted by molar-refractivity contribution is 6.31. The van der Waals surface area contributed by atoms with Crippen molar-refractivity contribution >= 4 is 11.6 Å². The van der Waals surface area contributed by atoms with Crippen LogP contribution in [0.4, 0.5) is 0 Å². The fourth-order valence-corrected chi connectivity index (χ4v) is 1.95. The van der Waals surface area contributed by atoms with Gasteiger partial charge in [-0.2, -0.15) is 5.10 Å². The lowest BCUT2D eigenvalue weighted by Gasteiger charge is -2.06. The van der Waals surface area contributed by atoms with Gasteiger partial charge in [-0.15, -0.1) is 0 Å². The van der Waals surface area contributed by atoms with E-state index in [1.165, 1.54) is 5.56 Å². The Balaban J connectivity index is 2.36. The first-order valence-electron chi connectivity index (χ1n) is 5.59. The molecule has 1 N–H and O–H groups in total. The molecule has 0 fully saturated rings. The molecule has 0 saturated carbocycles. The topological polar surface area (TPSA) is 29.9 Å². The average Bonchev–Trinajstić information content (AvgIpc) is 2.59. The van der Waals surface area contributed by atoms with Crippen LogP contribution in [0.25, 0.3) is 5.69 Å². The van der Waals surface area contributed by atoms with E-state index in [0.29, 0.717) is 0 Å². The quantitative estimate of drug-likeness (QED) is 0.907. The summed E-state index contributed by atoms with van der Waals surface area (Å²) in [6, 6.07) is 8.30. The molecular weight excluding hydrogens is 234 g/mol. The van der Waals surface area contributed by atoms with Crippen molar-refractivity contribution < 1.29 is 0 Å². The minimum absolute atomic E-state index is 0.740. The Morgan fingerprint density at radius 1 is 1.24 bits per heavy atom. The molecule has 0 bridgehead atoms. The Hall–Kier alpha value is -1.32. The number of aromatic nitrogens is 2. The molecule has 2 aromatic rings. The van der Waals surface area contributed by atoms with E-state index in [-0.39, 0.29) is 0 Å². The lowest BCUT2D eigenvalue weighted by Crippen LogP contribution is -2.05. The van der Waals surface area contributed by atoms with Crippen LogP contribution in [0, 0.1) is 13.8 Å². The van der Waals surface area contributed by atoms with E-state index in [2.05, 4.69) is 34.7 Å². The molecule has 3 nitrogen and oxygen atoms in total. The predicted molar refractivity (Wildman–Crippen MR) is 70.8 cm³/mol. The van der Waals surface area contributed by atoms with Gasteiger partial charge in [0, 0.05) is 6.54 Å². The van der Waals surface area contributed by atoms with Crippen LogP contribution in [0.15, 0.2) is 24.3 Å². The largest absolute Gasteiger partial charge is 0.316 e. The third-order valence-electron chi connectivity index (χ3n) is 2.76. The van der Waals surface area contributed by atoms with Crippen LogP contribution >= 0.6 is 11.6 Å². The highest BCUT2D eigenvalue weighted by Crippen LogP contribution is 2.22. The number of hydrogen-bond donors (Lipinski definition) is 1. The summed E-state index contributed by atoms with van der Waals surface area (Å²) >= 11 is 6.14. The molecule has 0 aliphatic heterocycles. The molecule has 1 heterocycles. The molecule has 2 rings (SSSR count). The normalized spacial score (nSPS) is 10.8. The van der Waals surface area contributed by atoms with Crippen LogP contribution in [0.3, 0.4) is 0 Å². The Labute approximate surface area is 106 Å². The number of nitrogens with one attached hydrogen (secondary N) is 1. The molecule has 17 heavy (non-hydrogen) atoms. The van der Waals surface area contributed by atoms with Crippen molar-refractivity contribution in [3.8, 4) is 5.69 Å². The molecule has 0 unspecified atom stereocenters. The average molecular weight is 250 g/mol. The van der Waals surface area contributed by atoms with Crippen molar-refractivity contribution in [3.05, 3.63) is 46.2 Å². The highest BCUT2D eigenvalue weighted by atomic mass is 35.5. The second-order valence-electron chi connectivity index (χ2n) is 4.09. The first-order valence-corrected chi connectivity index (χ1v) is 5.97. The van der Waals surface area contributed by atoms with Gasteiger partial charge in [0.2, 0.25) is 0 Å². The van der Waals surface area contributed by atoms with Gasteiger partial charge in [-0.25, -0.2) is 4.68 Å². The Morgan fingerprint density at radius 2 is 1.88 bits per heavy atom. The zero-order valence-electron chi connectivity index (χ0n) is 10.3. The first kappa shape index (κ1) is 12.1. The SMILES string of the molecule is CNCc1ccc(-n2nc(C)c(Cl)c2C)cc1. The maximum atomic E-state index is 6.14. The summed E-state index contributed by atoms with van der Waals surface area (Å²) in [7, 11) is 1.94. The molecule has 0 aliphatic rings. The Morgan fingerprint density at radius 3 is 2.35 bits per heavy atom. The molecule has 1 aromatic heterocycles. The Kier molecular flexibility index (Phi) is 3.50. The van der Waals surface area contributed by atoms with E-state index in [1.807, 2.05) is 25.6 Å².